The van der Waals surface area contributed by atoms with Crippen molar-refractivity contribution in [3.8, 4) is 0 Å². The van der Waals surface area contributed by atoms with Crippen molar-refractivity contribution in [3.05, 3.63) is 11.6 Å². The van der Waals surface area contributed by atoms with Gasteiger partial charge in [0, 0.05) is 25.7 Å². The Morgan fingerprint density at radius 2 is 1.36 bits per heavy atom. The summed E-state index contributed by atoms with van der Waals surface area (Å²) in [6.45, 7) is 15.2. The molecule has 9 nitrogen and oxygen atoms in total. The van der Waals surface area contributed by atoms with Crippen LogP contribution in [0.5, 0.6) is 0 Å². The maximum absolute atomic E-state index is 14.8. The number of hydrogen-bond acceptors (Lipinski definition) is 9. The van der Waals surface area contributed by atoms with Crippen LogP contribution < -0.4 is 0 Å². The fourth-order valence-electron chi connectivity index (χ4n) is 11.7. The highest BCUT2D eigenvalue weighted by atomic mass is 16.6. The fourth-order valence-corrected chi connectivity index (χ4v) is 11.7. The van der Waals surface area contributed by atoms with E-state index in [0.29, 0.717) is 19.3 Å². The number of rotatable bonds is 4. The van der Waals surface area contributed by atoms with Crippen LogP contribution in [0.3, 0.4) is 0 Å². The van der Waals surface area contributed by atoms with E-state index >= 15 is 0 Å². The summed E-state index contributed by atoms with van der Waals surface area (Å²) < 4.78 is 22.4. The number of ether oxygens (including phenoxy) is 4. The van der Waals surface area contributed by atoms with Crippen molar-refractivity contribution in [1.82, 2.24) is 0 Å². The number of methoxy groups -OCH3 is 2. The molecular formula is C35H50O9. The minimum absolute atomic E-state index is 0.0183. The van der Waals surface area contributed by atoms with E-state index in [0.717, 1.165) is 24.8 Å². The zero-order chi connectivity index (χ0) is 32.8. The van der Waals surface area contributed by atoms with Gasteiger partial charge in [-0.3, -0.25) is 24.0 Å². The van der Waals surface area contributed by atoms with Crippen LogP contribution in [-0.2, 0) is 42.9 Å². The smallest absolute Gasteiger partial charge is 0.315 e. The number of carbonyl (C=O) groups is 5. The third-order valence-electron chi connectivity index (χ3n) is 13.6. The predicted octanol–water partition coefficient (Wildman–Crippen LogP) is 5.38. The van der Waals surface area contributed by atoms with Gasteiger partial charge in [0.2, 0.25) is 0 Å². The highest BCUT2D eigenvalue weighted by molar-refractivity contribution is 5.96. The first-order valence-electron chi connectivity index (χ1n) is 16.1. The van der Waals surface area contributed by atoms with Crippen LogP contribution in [-0.4, -0.2) is 56.1 Å². The number of esters is 4. The summed E-state index contributed by atoms with van der Waals surface area (Å²) in [5.41, 5.74) is -2.85. The van der Waals surface area contributed by atoms with Crippen molar-refractivity contribution in [1.29, 1.82) is 0 Å². The number of carbonyl (C=O) groups excluding carboxylic acids is 5. The topological polar surface area (TPSA) is 122 Å². The second-order valence-electron chi connectivity index (χ2n) is 16.0. The van der Waals surface area contributed by atoms with Gasteiger partial charge in [-0.05, 0) is 85.5 Å². The van der Waals surface area contributed by atoms with Gasteiger partial charge in [0.25, 0.3) is 0 Å². The van der Waals surface area contributed by atoms with Crippen molar-refractivity contribution in [2.75, 3.05) is 14.2 Å². The van der Waals surface area contributed by atoms with Gasteiger partial charge in [-0.1, -0.05) is 40.2 Å². The Hall–Kier alpha value is -2.71. The van der Waals surface area contributed by atoms with Crippen molar-refractivity contribution in [3.63, 3.8) is 0 Å². The summed E-state index contributed by atoms with van der Waals surface area (Å²) >= 11 is 0. The van der Waals surface area contributed by atoms with Crippen LogP contribution in [0, 0.1) is 50.2 Å². The molecule has 5 rings (SSSR count). The summed E-state index contributed by atoms with van der Waals surface area (Å²) in [5, 5.41) is 0. The largest absolute Gasteiger partial charge is 0.469 e. The molecule has 4 saturated carbocycles. The number of ketones is 1. The van der Waals surface area contributed by atoms with Crippen molar-refractivity contribution in [2.45, 2.75) is 113 Å². The average molecular weight is 615 g/mol. The molecule has 0 heterocycles. The first kappa shape index (κ1) is 32.7. The van der Waals surface area contributed by atoms with Crippen LogP contribution in [0.2, 0.25) is 0 Å². The van der Waals surface area contributed by atoms with E-state index in [9.17, 15) is 24.0 Å². The average Bonchev–Trinajstić information content (AvgIpc) is 3.21. The molecule has 0 spiro atoms. The third kappa shape index (κ3) is 4.05. The Bertz CT molecular complexity index is 1330. The van der Waals surface area contributed by atoms with E-state index in [1.807, 2.05) is 13.0 Å². The number of hydrogen-bond donors (Lipinski definition) is 0. The zero-order valence-electron chi connectivity index (χ0n) is 28.1. The first-order valence-corrected chi connectivity index (χ1v) is 16.1. The molecule has 4 fully saturated rings. The standard InChI is InChI=1S/C35H50O9/c1-19(36)43-23-18-31(5)24(34(8,28(39)41-9)27(23)44-20(2)37)11-12-33(7)26(31)22(38)17-21-25-30(3,4)13-15-35(25,29(40)42-10)16-14-32(21,33)6/h17,23-27H,11-16,18H2,1-10H3/t23-,24-,25-,26-,27+,31+,32-,33-,34-,35+/m1/s1. The van der Waals surface area contributed by atoms with Gasteiger partial charge in [0.05, 0.1) is 19.6 Å². The van der Waals surface area contributed by atoms with Crippen LogP contribution in [0.4, 0.5) is 0 Å². The maximum Gasteiger partial charge on any atom is 0.315 e. The second kappa shape index (κ2) is 10.1. The number of fused-ring (bicyclic) bond motifs is 7. The molecule has 0 unspecified atom stereocenters. The Balaban J connectivity index is 1.70. The molecule has 44 heavy (non-hydrogen) atoms. The normalized spacial score (nSPS) is 45.4. The van der Waals surface area contributed by atoms with E-state index in [2.05, 4.69) is 27.7 Å². The Morgan fingerprint density at radius 1 is 0.773 bits per heavy atom. The molecular weight excluding hydrogens is 564 g/mol. The molecule has 244 valence electrons. The molecule has 0 bridgehead atoms. The molecule has 10 atom stereocenters. The van der Waals surface area contributed by atoms with Crippen molar-refractivity contribution >= 4 is 29.7 Å². The molecule has 0 saturated heterocycles. The van der Waals surface area contributed by atoms with E-state index < -0.39 is 63.1 Å². The summed E-state index contributed by atoms with van der Waals surface area (Å²) in [4.78, 5) is 66.7. The highest BCUT2D eigenvalue weighted by Gasteiger charge is 2.75. The third-order valence-corrected chi connectivity index (χ3v) is 13.6. The Morgan fingerprint density at radius 3 is 1.93 bits per heavy atom. The molecule has 0 amide bonds. The molecule has 5 aliphatic carbocycles. The Labute approximate surface area is 261 Å². The van der Waals surface area contributed by atoms with Gasteiger partial charge < -0.3 is 18.9 Å². The monoisotopic (exact) mass is 614 g/mol. The van der Waals surface area contributed by atoms with E-state index in [1.165, 1.54) is 28.1 Å². The second-order valence-corrected chi connectivity index (χ2v) is 16.0. The van der Waals surface area contributed by atoms with Crippen LogP contribution >= 0.6 is 0 Å². The lowest BCUT2D eigenvalue weighted by atomic mass is 9.33. The van der Waals surface area contributed by atoms with E-state index in [1.54, 1.807) is 6.92 Å². The quantitative estimate of drug-likeness (QED) is 0.304. The van der Waals surface area contributed by atoms with Gasteiger partial charge in [-0.2, -0.15) is 0 Å². The fraction of sp³-hybridized carbons (Fsp3) is 0.800. The van der Waals surface area contributed by atoms with E-state index in [-0.39, 0.29) is 35.4 Å². The molecule has 0 aromatic heterocycles. The van der Waals surface area contributed by atoms with Gasteiger partial charge in [0.15, 0.2) is 11.9 Å². The van der Waals surface area contributed by atoms with Crippen LogP contribution in [0.1, 0.15) is 100 Å². The molecule has 0 aromatic carbocycles. The van der Waals surface area contributed by atoms with Crippen LogP contribution in [0.25, 0.3) is 0 Å². The first-order chi connectivity index (χ1) is 20.3. The highest BCUT2D eigenvalue weighted by Crippen LogP contribution is 2.77. The van der Waals surface area contributed by atoms with Gasteiger partial charge in [-0.25, -0.2) is 0 Å². The van der Waals surface area contributed by atoms with Crippen molar-refractivity contribution < 1.29 is 42.9 Å². The molecule has 0 aliphatic heterocycles. The predicted molar refractivity (Wildman–Crippen MR) is 160 cm³/mol. The minimum Gasteiger partial charge on any atom is -0.469 e. The van der Waals surface area contributed by atoms with Gasteiger partial charge in [0.1, 0.15) is 11.5 Å². The lowest BCUT2D eigenvalue weighted by Gasteiger charge is -2.70. The minimum atomic E-state index is -1.36. The summed E-state index contributed by atoms with van der Waals surface area (Å²) in [7, 11) is 2.76. The van der Waals surface area contributed by atoms with E-state index in [4.69, 9.17) is 18.9 Å². The van der Waals surface area contributed by atoms with Crippen LogP contribution in [0.15, 0.2) is 11.6 Å². The zero-order valence-corrected chi connectivity index (χ0v) is 28.1. The Kier molecular flexibility index (Phi) is 7.54. The lowest BCUT2D eigenvalue weighted by Crippen LogP contribution is -2.71. The molecule has 5 aliphatic rings. The maximum atomic E-state index is 14.8. The summed E-state index contributed by atoms with van der Waals surface area (Å²) in [5.74, 6) is -2.92. The summed E-state index contributed by atoms with van der Waals surface area (Å²) in [6.07, 6.45) is 4.36. The van der Waals surface area contributed by atoms with Crippen molar-refractivity contribution in [2.24, 2.45) is 50.2 Å². The lowest BCUT2D eigenvalue weighted by molar-refractivity contribution is -0.247. The molecule has 0 aromatic rings. The molecule has 0 N–H and O–H groups in total. The SMILES string of the molecule is COC(=O)[C@]12CCC(C)(C)[C@H]1C1=CC(=O)[C@@H]3[C@@]4(C)C[C@@H](OC(C)=O)[C@H](OC(C)=O)[C@](C)(C(=O)OC)[C@@H]4CC[C@@]3(C)[C@]1(C)CC2. The summed E-state index contributed by atoms with van der Waals surface area (Å²) in [6, 6.07) is 0. The molecule has 0 radical (unpaired) electrons. The molecule has 9 heteroatoms. The van der Waals surface area contributed by atoms with Gasteiger partial charge in [-0.15, -0.1) is 0 Å². The van der Waals surface area contributed by atoms with Gasteiger partial charge >= 0.3 is 23.9 Å². The number of allylic oxidation sites excluding steroid dienone is 2.